The highest BCUT2D eigenvalue weighted by Crippen LogP contribution is 2.21. The molecule has 20 heavy (non-hydrogen) atoms. The maximum atomic E-state index is 12.2. The third-order valence-electron chi connectivity index (χ3n) is 3.64. The van der Waals surface area contributed by atoms with Crippen molar-refractivity contribution in [1.29, 1.82) is 0 Å². The number of carbonyl (C=O) groups excluding carboxylic acids is 1. The molecule has 5 heteroatoms. The Hall–Kier alpha value is -0.810. The van der Waals surface area contributed by atoms with Gasteiger partial charge in [-0.3, -0.25) is 0 Å². The fourth-order valence-corrected chi connectivity index (χ4v) is 2.52. The molecule has 2 atom stereocenters. The summed E-state index contributed by atoms with van der Waals surface area (Å²) < 4.78 is 5.45. The molecule has 1 saturated heterocycles. The van der Waals surface area contributed by atoms with E-state index in [1.54, 1.807) is 12.0 Å². The van der Waals surface area contributed by atoms with Crippen molar-refractivity contribution in [2.75, 3.05) is 20.2 Å². The number of ether oxygens (including phenoxy) is 1. The van der Waals surface area contributed by atoms with Gasteiger partial charge in [0.15, 0.2) is 0 Å². The lowest BCUT2D eigenvalue weighted by Crippen LogP contribution is -2.52. The lowest BCUT2D eigenvalue weighted by Gasteiger charge is -2.40. The molecule has 1 fully saturated rings. The van der Waals surface area contributed by atoms with Crippen LogP contribution in [0.2, 0.25) is 0 Å². The molecular weight excluding hydrogens is 256 g/mol. The minimum atomic E-state index is -0.443. The second-order valence-corrected chi connectivity index (χ2v) is 6.52. The average Bonchev–Trinajstić information content (AvgIpc) is 2.37. The number of likely N-dealkylation sites (tertiary alicyclic amines) is 1. The average molecular weight is 286 g/mol. The van der Waals surface area contributed by atoms with Crippen molar-refractivity contribution in [3.8, 4) is 0 Å². The first-order chi connectivity index (χ1) is 9.28. The quantitative estimate of drug-likeness (QED) is 0.745. The topological polar surface area (TPSA) is 42.0 Å². The number of amides is 1. The summed E-state index contributed by atoms with van der Waals surface area (Å²) in [6.45, 7) is 11.4. The molecule has 5 nitrogen and oxygen atoms in total. The summed E-state index contributed by atoms with van der Waals surface area (Å²) in [5.74, 6) is 0. The Balaban J connectivity index is 2.64. The van der Waals surface area contributed by atoms with Gasteiger partial charge < -0.3 is 14.5 Å². The van der Waals surface area contributed by atoms with Crippen LogP contribution in [-0.4, -0.2) is 53.9 Å². The zero-order chi connectivity index (χ0) is 15.3. The van der Waals surface area contributed by atoms with E-state index in [2.05, 4.69) is 13.8 Å². The number of rotatable bonds is 4. The number of hydrogen-bond donors (Lipinski definition) is 0. The highest BCUT2D eigenvalue weighted by atomic mass is 16.7. The van der Waals surface area contributed by atoms with E-state index in [1.807, 2.05) is 25.8 Å². The van der Waals surface area contributed by atoms with Gasteiger partial charge in [0.05, 0.1) is 13.2 Å². The van der Waals surface area contributed by atoms with Crippen LogP contribution in [0.3, 0.4) is 0 Å². The third-order valence-corrected chi connectivity index (χ3v) is 3.64. The van der Waals surface area contributed by atoms with Crippen molar-refractivity contribution in [3.63, 3.8) is 0 Å². The standard InChI is InChI=1S/C15H30N2O3/c1-7-12(2)17(19-6)13-9-8-10-16(11-13)14(18)20-15(3,4)5/h12-13H,7-11H2,1-6H3. The highest BCUT2D eigenvalue weighted by molar-refractivity contribution is 5.68. The highest BCUT2D eigenvalue weighted by Gasteiger charge is 2.32. The lowest BCUT2D eigenvalue weighted by molar-refractivity contribution is -0.196. The molecule has 1 rings (SSSR count). The van der Waals surface area contributed by atoms with Crippen LogP contribution in [-0.2, 0) is 9.57 Å². The Morgan fingerprint density at radius 1 is 1.45 bits per heavy atom. The first-order valence-electron chi connectivity index (χ1n) is 7.58. The van der Waals surface area contributed by atoms with Crippen LogP contribution in [0, 0.1) is 0 Å². The second kappa shape index (κ2) is 7.27. The van der Waals surface area contributed by atoms with Crippen LogP contribution in [0.4, 0.5) is 4.79 Å². The number of carbonyl (C=O) groups is 1. The van der Waals surface area contributed by atoms with Gasteiger partial charge in [-0.15, -0.1) is 0 Å². The first-order valence-corrected chi connectivity index (χ1v) is 7.58. The van der Waals surface area contributed by atoms with E-state index in [-0.39, 0.29) is 12.1 Å². The summed E-state index contributed by atoms with van der Waals surface area (Å²) >= 11 is 0. The van der Waals surface area contributed by atoms with Crippen molar-refractivity contribution in [3.05, 3.63) is 0 Å². The Morgan fingerprint density at radius 2 is 2.10 bits per heavy atom. The Kier molecular flexibility index (Phi) is 6.27. The molecule has 0 saturated carbocycles. The molecular formula is C15H30N2O3. The molecule has 0 aliphatic carbocycles. The van der Waals surface area contributed by atoms with Crippen molar-refractivity contribution >= 4 is 6.09 Å². The van der Waals surface area contributed by atoms with Gasteiger partial charge in [-0.05, 0) is 47.0 Å². The van der Waals surface area contributed by atoms with Crippen LogP contribution in [0.25, 0.3) is 0 Å². The van der Waals surface area contributed by atoms with Crippen LogP contribution in [0.5, 0.6) is 0 Å². The van der Waals surface area contributed by atoms with Crippen molar-refractivity contribution in [1.82, 2.24) is 9.96 Å². The summed E-state index contributed by atoms with van der Waals surface area (Å²) in [6, 6.07) is 0.597. The van der Waals surface area contributed by atoms with Crippen molar-refractivity contribution in [2.24, 2.45) is 0 Å². The van der Waals surface area contributed by atoms with E-state index in [0.29, 0.717) is 12.6 Å². The molecule has 118 valence electrons. The largest absolute Gasteiger partial charge is 0.444 e. The Bertz CT molecular complexity index is 315. The fraction of sp³-hybridized carbons (Fsp3) is 0.933. The summed E-state index contributed by atoms with van der Waals surface area (Å²) in [7, 11) is 1.71. The Morgan fingerprint density at radius 3 is 2.60 bits per heavy atom. The smallest absolute Gasteiger partial charge is 0.410 e. The number of hydrogen-bond acceptors (Lipinski definition) is 4. The van der Waals surface area contributed by atoms with Gasteiger partial charge >= 0.3 is 6.09 Å². The van der Waals surface area contributed by atoms with Gasteiger partial charge in [0.1, 0.15) is 5.60 Å². The van der Waals surface area contributed by atoms with Crippen LogP contribution in [0.1, 0.15) is 53.9 Å². The van der Waals surface area contributed by atoms with Crippen LogP contribution in [0.15, 0.2) is 0 Å². The van der Waals surface area contributed by atoms with E-state index < -0.39 is 5.60 Å². The molecule has 0 N–H and O–H groups in total. The predicted molar refractivity (Wildman–Crippen MR) is 79.4 cm³/mol. The molecule has 1 aliphatic heterocycles. The number of nitrogens with zero attached hydrogens (tertiary/aromatic N) is 2. The fourth-order valence-electron chi connectivity index (χ4n) is 2.52. The SMILES string of the molecule is CCC(C)N(OC)C1CCCN(C(=O)OC(C)(C)C)C1. The summed E-state index contributed by atoms with van der Waals surface area (Å²) in [5, 5.41) is 2.02. The van der Waals surface area contributed by atoms with Crippen molar-refractivity contribution < 1.29 is 14.4 Å². The van der Waals surface area contributed by atoms with Gasteiger partial charge in [-0.1, -0.05) is 6.92 Å². The molecule has 1 amide bonds. The van der Waals surface area contributed by atoms with E-state index in [9.17, 15) is 4.79 Å². The third kappa shape index (κ3) is 4.94. The van der Waals surface area contributed by atoms with Crippen molar-refractivity contribution in [2.45, 2.75) is 71.6 Å². The zero-order valence-electron chi connectivity index (χ0n) is 13.8. The maximum absolute atomic E-state index is 12.2. The molecule has 0 aromatic heterocycles. The maximum Gasteiger partial charge on any atom is 0.410 e. The van der Waals surface area contributed by atoms with E-state index >= 15 is 0 Å². The first kappa shape index (κ1) is 17.2. The van der Waals surface area contributed by atoms with Crippen LogP contribution >= 0.6 is 0 Å². The lowest BCUT2D eigenvalue weighted by atomic mass is 10.0. The summed E-state index contributed by atoms with van der Waals surface area (Å²) in [6.07, 6.45) is 2.84. The monoisotopic (exact) mass is 286 g/mol. The molecule has 0 aromatic carbocycles. The van der Waals surface area contributed by atoms with Gasteiger partial charge in [-0.2, -0.15) is 5.06 Å². The minimum Gasteiger partial charge on any atom is -0.444 e. The molecule has 1 heterocycles. The molecule has 2 unspecified atom stereocenters. The normalized spacial score (nSPS) is 21.9. The molecule has 0 spiro atoms. The van der Waals surface area contributed by atoms with E-state index in [0.717, 1.165) is 25.8 Å². The zero-order valence-corrected chi connectivity index (χ0v) is 13.8. The molecule has 0 bridgehead atoms. The number of hydroxylamine groups is 2. The molecule has 0 radical (unpaired) electrons. The van der Waals surface area contributed by atoms with Gasteiger partial charge in [0.25, 0.3) is 0 Å². The van der Waals surface area contributed by atoms with E-state index in [1.165, 1.54) is 0 Å². The minimum absolute atomic E-state index is 0.220. The number of piperidine rings is 1. The molecule has 1 aliphatic rings. The van der Waals surface area contributed by atoms with Gasteiger partial charge in [0, 0.05) is 19.1 Å². The van der Waals surface area contributed by atoms with Gasteiger partial charge in [-0.25, -0.2) is 4.79 Å². The Labute approximate surface area is 123 Å². The van der Waals surface area contributed by atoms with Crippen LogP contribution < -0.4 is 0 Å². The second-order valence-electron chi connectivity index (χ2n) is 6.52. The van der Waals surface area contributed by atoms with E-state index in [4.69, 9.17) is 9.57 Å². The summed E-state index contributed by atoms with van der Waals surface area (Å²) in [5.41, 5.74) is -0.443. The summed E-state index contributed by atoms with van der Waals surface area (Å²) in [4.78, 5) is 19.5. The molecule has 0 aromatic rings. The predicted octanol–water partition coefficient (Wildman–Crippen LogP) is 3.05. The van der Waals surface area contributed by atoms with Gasteiger partial charge in [0.2, 0.25) is 0 Å².